The highest BCUT2D eigenvalue weighted by Crippen LogP contribution is 2.46. The van der Waals surface area contributed by atoms with Crippen LogP contribution in [-0.2, 0) is 31.3 Å². The van der Waals surface area contributed by atoms with Crippen molar-refractivity contribution in [1.29, 1.82) is 21.0 Å². The summed E-state index contributed by atoms with van der Waals surface area (Å²) in [6, 6.07) is 46.6. The molecular formula is C51H24N12O9S3. The van der Waals surface area contributed by atoms with E-state index in [9.17, 15) is 34.0 Å². The lowest BCUT2D eigenvalue weighted by Crippen LogP contribution is -2.02. The highest BCUT2D eigenvalue weighted by molar-refractivity contribution is 7.85. The van der Waals surface area contributed by atoms with E-state index < -0.39 is 31.3 Å². The van der Waals surface area contributed by atoms with E-state index >= 15 is 0 Å². The molecule has 0 fully saturated rings. The summed E-state index contributed by atoms with van der Waals surface area (Å²) in [6.07, 6.45) is 0. The van der Waals surface area contributed by atoms with Gasteiger partial charge in [0.05, 0.1) is 59.0 Å². The van der Waals surface area contributed by atoms with E-state index in [0.29, 0.717) is 67.2 Å². The first-order valence-corrected chi connectivity index (χ1v) is 24.4. The Morgan fingerprint density at radius 1 is 0.480 bits per heavy atom. The molecule has 0 saturated heterocycles. The van der Waals surface area contributed by atoms with Gasteiger partial charge in [0.2, 0.25) is 0 Å². The van der Waals surface area contributed by atoms with Crippen molar-refractivity contribution in [3.63, 3.8) is 0 Å². The van der Waals surface area contributed by atoms with E-state index in [1.807, 2.05) is 69.8 Å². The van der Waals surface area contributed by atoms with E-state index in [0.717, 1.165) is 0 Å². The van der Waals surface area contributed by atoms with Crippen LogP contribution in [0.5, 0.6) is 0 Å². The zero-order chi connectivity index (χ0) is 53.7. The number of aromatic nitrogens is 6. The molecule has 1 N–H and O–H groups in total. The fourth-order valence-corrected chi connectivity index (χ4v) is 8.78. The quantitative estimate of drug-likeness (QED) is 0.115. The maximum Gasteiger partial charge on any atom is 0.425 e. The molecule has 0 radical (unpaired) electrons. The molecule has 21 nitrogen and oxygen atoms in total. The number of hydrogen-bond acceptors (Lipinski definition) is 15. The summed E-state index contributed by atoms with van der Waals surface area (Å²) < 4.78 is 90.8. The first-order chi connectivity index (χ1) is 36.1. The van der Waals surface area contributed by atoms with Crippen molar-refractivity contribution in [2.75, 3.05) is 0 Å². The summed E-state index contributed by atoms with van der Waals surface area (Å²) in [5.41, 5.74) is 5.86. The first-order valence-electron chi connectivity index (χ1n) is 21.0. The molecular weight excluding hydrogens is 1020 g/mol. The predicted octanol–water partition coefficient (Wildman–Crippen LogP) is 8.53. The maximum absolute atomic E-state index is 12.4. The standard InChI is InChI=1S/C51H24N12O3S.2O3S/c1-56-34-15-22-40(33(25-34)29-55)50-59-43-46(61(50)35-9-5-3-6-10-35)44-48(45-47(43)62(36-11-7-4-8-12-36)51(60-45)41-21-14-31(27-53)24-42(41)57-2)63(37-16-18-38(19-17-37)67(64,65)66)49(58-44)39-20-13-30(26-52)23-32(39)28-54;2*1-4(2)3/h3-25H,(H,64,65,66);;. The lowest BCUT2D eigenvalue weighted by Gasteiger charge is -2.13. The second-order valence-electron chi connectivity index (χ2n) is 15.3. The van der Waals surface area contributed by atoms with Gasteiger partial charge in [-0.2, -0.15) is 29.5 Å². The van der Waals surface area contributed by atoms with Crippen LogP contribution in [0.3, 0.4) is 0 Å². The summed E-state index contributed by atoms with van der Waals surface area (Å²) in [4.78, 5) is 23.1. The zero-order valence-electron chi connectivity index (χ0n) is 37.6. The molecule has 0 aliphatic rings. The van der Waals surface area contributed by atoms with Gasteiger partial charge in [0.1, 0.15) is 50.6 Å². The molecule has 24 heteroatoms. The lowest BCUT2D eigenvalue weighted by molar-refractivity contribution is 0.483. The van der Waals surface area contributed by atoms with Gasteiger partial charge in [-0.3, -0.25) is 18.3 Å². The van der Waals surface area contributed by atoms with Gasteiger partial charge in [-0.25, -0.2) is 24.6 Å². The van der Waals surface area contributed by atoms with E-state index in [-0.39, 0.29) is 55.7 Å². The van der Waals surface area contributed by atoms with Gasteiger partial charge >= 0.3 is 21.2 Å². The lowest BCUT2D eigenvalue weighted by atomic mass is 10.0. The van der Waals surface area contributed by atoms with Crippen LogP contribution in [0.15, 0.2) is 144 Å². The molecule has 0 saturated carbocycles. The third-order valence-electron chi connectivity index (χ3n) is 11.2. The number of para-hydroxylation sites is 2. The number of hydrogen-bond donors (Lipinski definition) is 1. The second-order valence-corrected chi connectivity index (χ2v) is 17.6. The monoisotopic (exact) mass is 1040 g/mol. The van der Waals surface area contributed by atoms with Gasteiger partial charge < -0.3 is 0 Å². The number of nitriles is 4. The van der Waals surface area contributed by atoms with Gasteiger partial charge in [-0.1, -0.05) is 54.6 Å². The minimum Gasteiger partial charge on any atom is -0.291 e. The molecule has 0 aliphatic carbocycles. The van der Waals surface area contributed by atoms with Crippen molar-refractivity contribution in [3.05, 3.63) is 185 Å². The SMILES string of the molecule is O=S(=O)=O.O=S(=O)=O.[C-]#[N+]c1ccc(-c2nc3c(c4nc(-c5ccc(C#N)cc5C#N)n(-c5ccc(S(=O)(=O)O)cc5)c4c4nc(-c5ccc(C#N)cc5[N+]#[C-])n(-c5ccccc5)c34)n2-c2ccccc2)c(C#N)c1. The first kappa shape index (κ1) is 50.4. The Kier molecular flexibility index (Phi) is 14.0. The highest BCUT2D eigenvalue weighted by atomic mass is 32.2. The summed E-state index contributed by atoms with van der Waals surface area (Å²) in [7, 11) is -10.9. The molecule has 0 spiro atoms. The van der Waals surface area contributed by atoms with Crippen LogP contribution in [0.1, 0.15) is 22.3 Å². The third-order valence-corrected chi connectivity index (χ3v) is 12.1. The zero-order valence-corrected chi connectivity index (χ0v) is 40.0. The van der Waals surface area contributed by atoms with Crippen molar-refractivity contribution in [2.45, 2.75) is 4.90 Å². The Bertz CT molecular complexity index is 4540. The predicted molar refractivity (Wildman–Crippen MR) is 267 cm³/mol. The molecule has 0 aliphatic heterocycles. The molecule has 10 aromatic rings. The molecule has 0 bridgehead atoms. The molecule has 0 unspecified atom stereocenters. The molecule has 10 rings (SSSR count). The van der Waals surface area contributed by atoms with E-state index in [2.05, 4.69) is 34.0 Å². The number of nitrogens with zero attached hydrogens (tertiary/aromatic N) is 12. The highest BCUT2D eigenvalue weighted by Gasteiger charge is 2.32. The van der Waals surface area contributed by atoms with Crippen LogP contribution in [0, 0.1) is 58.5 Å². The third kappa shape index (κ3) is 9.65. The van der Waals surface area contributed by atoms with Crippen LogP contribution in [0.25, 0.3) is 94.0 Å². The Morgan fingerprint density at radius 2 is 0.867 bits per heavy atom. The van der Waals surface area contributed by atoms with Crippen LogP contribution >= 0.6 is 0 Å². The summed E-state index contributed by atoms with van der Waals surface area (Å²) in [5.74, 6) is 0.768. The van der Waals surface area contributed by atoms with Crippen molar-refractivity contribution < 1.29 is 38.2 Å². The summed E-state index contributed by atoms with van der Waals surface area (Å²) in [5, 5.41) is 40.8. The molecule has 0 amide bonds. The summed E-state index contributed by atoms with van der Waals surface area (Å²) >= 11 is 0. The average Bonchev–Trinajstić information content (AvgIpc) is 4.19. The molecule has 3 heterocycles. The van der Waals surface area contributed by atoms with Crippen molar-refractivity contribution in [3.8, 4) is 75.5 Å². The van der Waals surface area contributed by atoms with Crippen LogP contribution in [0.2, 0.25) is 0 Å². The number of benzene rings is 7. The smallest absolute Gasteiger partial charge is 0.291 e. The molecule has 0 atom stereocenters. The summed E-state index contributed by atoms with van der Waals surface area (Å²) in [6.45, 7) is 15.9. The van der Waals surface area contributed by atoms with Crippen LogP contribution in [-0.4, -0.2) is 66.9 Å². The normalized spacial score (nSPS) is 10.5. The van der Waals surface area contributed by atoms with E-state index in [1.165, 1.54) is 42.5 Å². The average molecular weight is 1050 g/mol. The maximum atomic E-state index is 12.4. The van der Waals surface area contributed by atoms with Gasteiger partial charge in [-0.15, -0.1) is 25.3 Å². The Balaban J connectivity index is 0.000000873. The van der Waals surface area contributed by atoms with E-state index in [4.69, 9.17) is 53.3 Å². The fourth-order valence-electron chi connectivity index (χ4n) is 8.30. The number of rotatable bonds is 7. The molecule has 3 aromatic heterocycles. The van der Waals surface area contributed by atoms with Crippen LogP contribution in [0.4, 0.5) is 11.4 Å². The van der Waals surface area contributed by atoms with Gasteiger partial charge in [0, 0.05) is 39.3 Å². The van der Waals surface area contributed by atoms with Crippen LogP contribution < -0.4 is 0 Å². The van der Waals surface area contributed by atoms with Crippen molar-refractivity contribution in [1.82, 2.24) is 28.7 Å². The van der Waals surface area contributed by atoms with Gasteiger partial charge in [0.15, 0.2) is 11.4 Å². The number of imidazole rings is 3. The largest absolute Gasteiger partial charge is 0.425 e. The topological polar surface area (TPSA) is 314 Å². The Hall–Kier alpha value is -11.0. The van der Waals surface area contributed by atoms with Crippen molar-refractivity contribution in [2.24, 2.45) is 0 Å². The Morgan fingerprint density at radius 3 is 1.27 bits per heavy atom. The van der Waals surface area contributed by atoms with Gasteiger partial charge in [-0.05, 0) is 84.9 Å². The minimum atomic E-state index is -4.63. The van der Waals surface area contributed by atoms with Crippen molar-refractivity contribution >= 4 is 75.8 Å². The Labute approximate surface area is 426 Å². The van der Waals surface area contributed by atoms with E-state index in [1.54, 1.807) is 41.0 Å². The molecule has 360 valence electrons. The number of fused-ring (bicyclic) bond motifs is 6. The fraction of sp³-hybridized carbons (Fsp3) is 0. The molecule has 75 heavy (non-hydrogen) atoms. The minimum absolute atomic E-state index is 0.100. The second kappa shape index (κ2) is 20.8. The molecule has 7 aromatic carbocycles. The van der Waals surface area contributed by atoms with Gasteiger partial charge in [0.25, 0.3) is 10.1 Å².